The number of fused-ring (bicyclic) bond motifs is 1. The summed E-state index contributed by atoms with van der Waals surface area (Å²) in [6.07, 6.45) is -0.709. The van der Waals surface area contributed by atoms with E-state index < -0.39 is 17.4 Å². The number of hydrogen-bond acceptors (Lipinski definition) is 5. The first-order valence-corrected chi connectivity index (χ1v) is 9.32. The van der Waals surface area contributed by atoms with Gasteiger partial charge < -0.3 is 10.1 Å². The Morgan fingerprint density at radius 1 is 1.19 bits per heavy atom. The van der Waals surface area contributed by atoms with Crippen LogP contribution in [-0.4, -0.2) is 33.8 Å². The van der Waals surface area contributed by atoms with Crippen molar-refractivity contribution >= 4 is 34.4 Å². The summed E-state index contributed by atoms with van der Waals surface area (Å²) in [5, 5.41) is 4.32. The SMILES string of the molecule is CNC(=O)c1csc(Cn2c(=O)n(C(=O)OC(C)(C)C)c3ccccc32)c1. The molecule has 0 aliphatic carbocycles. The largest absolute Gasteiger partial charge is 0.443 e. The maximum Gasteiger partial charge on any atom is 0.423 e. The Hall–Kier alpha value is -2.87. The summed E-state index contributed by atoms with van der Waals surface area (Å²) in [6, 6.07) is 8.81. The highest BCUT2D eigenvalue weighted by atomic mass is 32.1. The molecule has 0 unspecified atom stereocenters. The molecule has 1 N–H and O–H groups in total. The van der Waals surface area contributed by atoms with E-state index in [9.17, 15) is 14.4 Å². The van der Waals surface area contributed by atoms with Gasteiger partial charge in [-0.05, 0) is 39.0 Å². The third kappa shape index (κ3) is 3.80. The molecule has 0 aliphatic heterocycles. The normalized spacial score (nSPS) is 11.6. The van der Waals surface area contributed by atoms with Crippen LogP contribution in [0, 0.1) is 0 Å². The highest BCUT2D eigenvalue weighted by Crippen LogP contribution is 2.20. The second-order valence-corrected chi connectivity index (χ2v) is 8.05. The lowest BCUT2D eigenvalue weighted by Crippen LogP contribution is -2.34. The highest BCUT2D eigenvalue weighted by Gasteiger charge is 2.24. The van der Waals surface area contributed by atoms with Crippen LogP contribution in [-0.2, 0) is 11.3 Å². The van der Waals surface area contributed by atoms with Crippen LogP contribution in [0.25, 0.3) is 11.0 Å². The van der Waals surface area contributed by atoms with E-state index in [1.807, 2.05) is 6.07 Å². The summed E-state index contributed by atoms with van der Waals surface area (Å²) in [6.45, 7) is 5.51. The number of nitrogens with zero attached hydrogens (tertiary/aromatic N) is 2. The van der Waals surface area contributed by atoms with Crippen LogP contribution in [0.4, 0.5) is 4.79 Å². The fourth-order valence-corrected chi connectivity index (χ4v) is 3.58. The van der Waals surface area contributed by atoms with Crippen LogP contribution >= 0.6 is 11.3 Å². The van der Waals surface area contributed by atoms with Crippen LogP contribution in [0.15, 0.2) is 40.5 Å². The van der Waals surface area contributed by atoms with Crippen LogP contribution in [0.5, 0.6) is 0 Å². The van der Waals surface area contributed by atoms with Gasteiger partial charge in [-0.15, -0.1) is 11.3 Å². The lowest BCUT2D eigenvalue weighted by Gasteiger charge is -2.19. The van der Waals surface area contributed by atoms with Gasteiger partial charge in [0, 0.05) is 17.3 Å². The molecule has 7 nitrogen and oxygen atoms in total. The van der Waals surface area contributed by atoms with E-state index in [0.717, 1.165) is 9.44 Å². The highest BCUT2D eigenvalue weighted by molar-refractivity contribution is 7.10. The van der Waals surface area contributed by atoms with Crippen molar-refractivity contribution in [3.05, 3.63) is 56.6 Å². The number of hydrogen-bond donors (Lipinski definition) is 1. The number of aromatic nitrogens is 2. The van der Waals surface area contributed by atoms with Crippen molar-refractivity contribution in [3.63, 3.8) is 0 Å². The van der Waals surface area contributed by atoms with Gasteiger partial charge in [-0.25, -0.2) is 9.59 Å². The molecule has 1 amide bonds. The molecule has 0 radical (unpaired) electrons. The van der Waals surface area contributed by atoms with Gasteiger partial charge in [-0.3, -0.25) is 9.36 Å². The Bertz CT molecular complexity index is 1070. The van der Waals surface area contributed by atoms with Crippen molar-refractivity contribution in [2.75, 3.05) is 7.05 Å². The van der Waals surface area contributed by atoms with Crippen molar-refractivity contribution in [1.29, 1.82) is 0 Å². The lowest BCUT2D eigenvalue weighted by atomic mass is 10.2. The molecule has 1 aromatic carbocycles. The fourth-order valence-electron chi connectivity index (χ4n) is 2.73. The monoisotopic (exact) mass is 387 g/mol. The molecule has 0 bridgehead atoms. The standard InChI is InChI=1S/C19H21N3O4S/c1-19(2,3)26-18(25)22-15-8-6-5-7-14(15)21(17(22)24)10-13-9-12(11-27-13)16(23)20-4/h5-9,11H,10H2,1-4H3,(H,20,23). The van der Waals surface area contributed by atoms with E-state index >= 15 is 0 Å². The van der Waals surface area contributed by atoms with Gasteiger partial charge in [0.15, 0.2) is 0 Å². The second kappa shape index (κ2) is 7.03. The molecule has 142 valence electrons. The van der Waals surface area contributed by atoms with Gasteiger partial charge in [0.05, 0.1) is 23.1 Å². The van der Waals surface area contributed by atoms with Crippen molar-refractivity contribution in [2.24, 2.45) is 0 Å². The van der Waals surface area contributed by atoms with Gasteiger partial charge in [0.2, 0.25) is 0 Å². The summed E-state index contributed by atoms with van der Waals surface area (Å²) in [4.78, 5) is 38.1. The van der Waals surface area contributed by atoms with Crippen molar-refractivity contribution < 1.29 is 14.3 Å². The van der Waals surface area contributed by atoms with E-state index in [1.54, 1.807) is 57.5 Å². The van der Waals surface area contributed by atoms with Crippen LogP contribution in [0.2, 0.25) is 0 Å². The Morgan fingerprint density at radius 3 is 2.48 bits per heavy atom. The van der Waals surface area contributed by atoms with Gasteiger partial charge in [-0.1, -0.05) is 12.1 Å². The minimum Gasteiger partial charge on any atom is -0.443 e. The second-order valence-electron chi connectivity index (χ2n) is 7.05. The quantitative estimate of drug-likeness (QED) is 0.749. The lowest BCUT2D eigenvalue weighted by molar-refractivity contribution is 0.0537. The van der Waals surface area contributed by atoms with Gasteiger partial charge >= 0.3 is 11.8 Å². The zero-order valence-electron chi connectivity index (χ0n) is 15.6. The first kappa shape index (κ1) is 18.9. The summed E-state index contributed by atoms with van der Waals surface area (Å²) in [7, 11) is 1.57. The number of carbonyl (C=O) groups is 2. The van der Waals surface area contributed by atoms with Crippen LogP contribution in [0.1, 0.15) is 36.0 Å². The zero-order valence-corrected chi connectivity index (χ0v) is 16.4. The molecular formula is C19H21N3O4S. The van der Waals surface area contributed by atoms with Gasteiger partial charge in [-0.2, -0.15) is 4.57 Å². The molecule has 8 heteroatoms. The molecule has 3 rings (SSSR count). The number of amides is 1. The predicted molar refractivity (Wildman–Crippen MR) is 105 cm³/mol. The fraction of sp³-hybridized carbons (Fsp3) is 0.316. The van der Waals surface area contributed by atoms with Crippen molar-refractivity contribution in [2.45, 2.75) is 32.9 Å². The molecular weight excluding hydrogens is 366 g/mol. The Labute approximate surface area is 160 Å². The van der Waals surface area contributed by atoms with Gasteiger partial charge in [0.25, 0.3) is 5.91 Å². The molecule has 3 aromatic rings. The maximum absolute atomic E-state index is 13.0. The van der Waals surface area contributed by atoms with E-state index in [0.29, 0.717) is 16.6 Å². The summed E-state index contributed by atoms with van der Waals surface area (Å²) in [5.41, 5.74) is 0.473. The first-order chi connectivity index (χ1) is 12.7. The number of nitrogens with one attached hydrogen (secondary N) is 1. The summed E-state index contributed by atoms with van der Waals surface area (Å²) in [5.74, 6) is -0.180. The van der Waals surface area contributed by atoms with Crippen LogP contribution < -0.4 is 11.0 Å². The van der Waals surface area contributed by atoms with Crippen molar-refractivity contribution in [1.82, 2.24) is 14.5 Å². The average molecular weight is 387 g/mol. The molecule has 27 heavy (non-hydrogen) atoms. The van der Waals surface area contributed by atoms with Crippen LogP contribution in [0.3, 0.4) is 0 Å². The zero-order chi connectivity index (χ0) is 19.8. The summed E-state index contributed by atoms with van der Waals surface area (Å²) >= 11 is 1.39. The van der Waals surface area contributed by atoms with E-state index in [1.165, 1.54) is 15.9 Å². The molecule has 0 saturated carbocycles. The topological polar surface area (TPSA) is 82.3 Å². The Balaban J connectivity index is 2.05. The number of thiophene rings is 1. The number of ether oxygens (including phenoxy) is 1. The molecule has 0 spiro atoms. The third-order valence-corrected chi connectivity index (χ3v) is 4.79. The Kier molecular flexibility index (Phi) is 4.93. The average Bonchev–Trinajstić information content (AvgIpc) is 3.16. The number of carbonyl (C=O) groups excluding carboxylic acids is 2. The third-order valence-electron chi connectivity index (χ3n) is 3.87. The van der Waals surface area contributed by atoms with Gasteiger partial charge in [0.1, 0.15) is 5.60 Å². The number of imidazole rings is 1. The van der Waals surface area contributed by atoms with E-state index in [4.69, 9.17) is 4.74 Å². The number of benzene rings is 1. The smallest absolute Gasteiger partial charge is 0.423 e. The first-order valence-electron chi connectivity index (χ1n) is 8.44. The molecule has 0 saturated heterocycles. The molecule has 2 heterocycles. The number of para-hydroxylation sites is 2. The molecule has 0 atom stereocenters. The van der Waals surface area contributed by atoms with E-state index in [-0.39, 0.29) is 12.5 Å². The molecule has 0 fully saturated rings. The Morgan fingerprint density at radius 2 is 1.85 bits per heavy atom. The molecule has 2 aromatic heterocycles. The minimum atomic E-state index is -0.712. The van der Waals surface area contributed by atoms with Crippen molar-refractivity contribution in [3.8, 4) is 0 Å². The number of rotatable bonds is 3. The maximum atomic E-state index is 13.0. The molecule has 0 aliphatic rings. The summed E-state index contributed by atoms with van der Waals surface area (Å²) < 4.78 is 7.95. The minimum absolute atomic E-state index is 0.180. The van der Waals surface area contributed by atoms with E-state index in [2.05, 4.69) is 5.32 Å². The predicted octanol–water partition coefficient (Wildman–Crippen LogP) is 3.06.